The van der Waals surface area contributed by atoms with E-state index in [4.69, 9.17) is 10.5 Å². The number of nitrogens with zero attached hydrogens (tertiary/aromatic N) is 5. The van der Waals surface area contributed by atoms with Gasteiger partial charge in [-0.2, -0.15) is 0 Å². The number of benzene rings is 1. The molecule has 3 aromatic rings. The van der Waals surface area contributed by atoms with Gasteiger partial charge in [0.2, 0.25) is 0 Å². The number of hydrogen-bond donors (Lipinski definition) is 2. The molecule has 1 aliphatic rings. The maximum atomic E-state index is 6.39. The highest BCUT2D eigenvalue weighted by Gasteiger charge is 2.21. The summed E-state index contributed by atoms with van der Waals surface area (Å²) in [5, 5.41) is 3.19. The molecule has 150 valence electrons. The zero-order valence-electron chi connectivity index (χ0n) is 16.7. The highest BCUT2D eigenvalue weighted by molar-refractivity contribution is 5.77. The number of pyridine rings is 1. The molecule has 1 saturated heterocycles. The molecule has 0 radical (unpaired) electrons. The van der Waals surface area contributed by atoms with Crippen LogP contribution >= 0.6 is 0 Å². The van der Waals surface area contributed by atoms with Crippen LogP contribution in [0.4, 0.5) is 28.8 Å². The number of ether oxygens (including phenoxy) is 1. The molecular weight excluding hydrogens is 366 g/mol. The van der Waals surface area contributed by atoms with Crippen LogP contribution in [0, 0.1) is 6.92 Å². The summed E-state index contributed by atoms with van der Waals surface area (Å²) in [4.78, 5) is 17.6. The lowest BCUT2D eigenvalue weighted by Crippen LogP contribution is -2.47. The third-order valence-corrected chi connectivity index (χ3v) is 5.04. The van der Waals surface area contributed by atoms with E-state index in [0.29, 0.717) is 17.3 Å². The molecule has 1 aromatic carbocycles. The lowest BCUT2D eigenvalue weighted by Gasteiger charge is -2.37. The molecule has 0 aliphatic carbocycles. The van der Waals surface area contributed by atoms with Crippen molar-refractivity contribution in [3.63, 3.8) is 0 Å². The van der Waals surface area contributed by atoms with E-state index in [0.717, 1.165) is 43.3 Å². The van der Waals surface area contributed by atoms with Gasteiger partial charge in [0.25, 0.3) is 0 Å². The maximum Gasteiger partial charge on any atom is 0.160 e. The van der Waals surface area contributed by atoms with Gasteiger partial charge in [-0.15, -0.1) is 0 Å². The molecule has 0 spiro atoms. The number of nitrogens with one attached hydrogen (secondary N) is 1. The monoisotopic (exact) mass is 391 g/mol. The van der Waals surface area contributed by atoms with Crippen LogP contribution in [0.15, 0.2) is 48.9 Å². The second-order valence-corrected chi connectivity index (χ2v) is 6.98. The van der Waals surface area contributed by atoms with E-state index in [9.17, 15) is 0 Å². The first-order valence-corrected chi connectivity index (χ1v) is 9.58. The average Bonchev–Trinajstić information content (AvgIpc) is 2.77. The molecule has 1 fully saturated rings. The lowest BCUT2D eigenvalue weighted by atomic mass is 10.2. The van der Waals surface area contributed by atoms with Gasteiger partial charge in [-0.3, -0.25) is 0 Å². The Balaban J connectivity index is 1.44. The Morgan fingerprint density at radius 1 is 0.931 bits per heavy atom. The predicted octanol–water partition coefficient (Wildman–Crippen LogP) is 2.84. The number of nitrogen functional groups attached to an aromatic ring is 1. The summed E-state index contributed by atoms with van der Waals surface area (Å²) in [6.45, 7) is 5.43. The predicted molar refractivity (Wildman–Crippen MR) is 116 cm³/mol. The first-order valence-electron chi connectivity index (χ1n) is 9.58. The van der Waals surface area contributed by atoms with E-state index in [1.165, 1.54) is 12.0 Å². The van der Waals surface area contributed by atoms with Crippen LogP contribution in [0.5, 0.6) is 5.75 Å². The van der Waals surface area contributed by atoms with E-state index >= 15 is 0 Å². The minimum atomic E-state index is 0.535. The maximum absolute atomic E-state index is 6.39. The van der Waals surface area contributed by atoms with Gasteiger partial charge >= 0.3 is 0 Å². The Morgan fingerprint density at radius 3 is 2.31 bits per heavy atom. The van der Waals surface area contributed by atoms with Crippen LogP contribution in [-0.2, 0) is 0 Å². The molecule has 3 heterocycles. The summed E-state index contributed by atoms with van der Waals surface area (Å²) in [6.07, 6.45) is 3.34. The largest absolute Gasteiger partial charge is 0.497 e. The highest BCUT2D eigenvalue weighted by Crippen LogP contribution is 2.29. The summed E-state index contributed by atoms with van der Waals surface area (Å²) in [7, 11) is 1.68. The van der Waals surface area contributed by atoms with Gasteiger partial charge in [-0.25, -0.2) is 15.0 Å². The van der Waals surface area contributed by atoms with E-state index in [2.05, 4.69) is 42.2 Å². The van der Waals surface area contributed by atoms with E-state index in [1.54, 1.807) is 13.3 Å². The summed E-state index contributed by atoms with van der Waals surface area (Å²) in [5.74, 6) is 2.90. The van der Waals surface area contributed by atoms with Crippen LogP contribution in [-0.4, -0.2) is 48.2 Å². The Kier molecular flexibility index (Phi) is 5.33. The second-order valence-electron chi connectivity index (χ2n) is 6.98. The lowest BCUT2D eigenvalue weighted by molar-refractivity contribution is 0.415. The van der Waals surface area contributed by atoms with Crippen molar-refractivity contribution < 1.29 is 4.74 Å². The number of aromatic nitrogens is 3. The number of hydrogen-bond acceptors (Lipinski definition) is 8. The van der Waals surface area contributed by atoms with Gasteiger partial charge in [-0.05, 0) is 42.8 Å². The van der Waals surface area contributed by atoms with Crippen LogP contribution in [0.1, 0.15) is 5.56 Å². The molecule has 4 rings (SSSR count). The summed E-state index contributed by atoms with van der Waals surface area (Å²) in [5.41, 5.74) is 9.21. The van der Waals surface area contributed by atoms with Crippen molar-refractivity contribution in [3.8, 4) is 5.75 Å². The van der Waals surface area contributed by atoms with Gasteiger partial charge in [0, 0.05) is 38.1 Å². The van der Waals surface area contributed by atoms with Crippen LogP contribution in [0.3, 0.4) is 0 Å². The fourth-order valence-corrected chi connectivity index (χ4v) is 3.37. The third kappa shape index (κ3) is 4.16. The second kappa shape index (κ2) is 8.22. The Morgan fingerprint density at radius 2 is 1.66 bits per heavy atom. The van der Waals surface area contributed by atoms with Crippen LogP contribution in [0.25, 0.3) is 0 Å². The number of anilines is 5. The zero-order chi connectivity index (χ0) is 20.2. The molecule has 0 bridgehead atoms. The van der Waals surface area contributed by atoms with E-state index in [1.807, 2.05) is 31.2 Å². The normalized spacial score (nSPS) is 14.0. The molecule has 8 nitrogen and oxygen atoms in total. The van der Waals surface area contributed by atoms with Gasteiger partial charge in [-0.1, -0.05) is 6.07 Å². The molecule has 0 amide bonds. The van der Waals surface area contributed by atoms with Crippen LogP contribution in [0.2, 0.25) is 0 Å². The summed E-state index contributed by atoms with van der Waals surface area (Å²) < 4.78 is 5.24. The number of aryl methyl sites for hydroxylation is 1. The number of piperazine rings is 1. The fraction of sp³-hybridized carbons (Fsp3) is 0.286. The Bertz CT molecular complexity index is 952. The third-order valence-electron chi connectivity index (χ3n) is 5.04. The quantitative estimate of drug-likeness (QED) is 0.686. The highest BCUT2D eigenvalue weighted by atomic mass is 16.5. The minimum Gasteiger partial charge on any atom is -0.497 e. The fourth-order valence-electron chi connectivity index (χ4n) is 3.37. The number of methoxy groups -OCH3 is 1. The number of rotatable bonds is 5. The molecule has 3 N–H and O–H groups in total. The van der Waals surface area contributed by atoms with Crippen molar-refractivity contribution in [2.75, 3.05) is 54.1 Å². The summed E-state index contributed by atoms with van der Waals surface area (Å²) >= 11 is 0. The molecule has 0 atom stereocenters. The van der Waals surface area contributed by atoms with Gasteiger partial charge in [0.05, 0.1) is 7.11 Å². The molecule has 1 aliphatic heterocycles. The van der Waals surface area contributed by atoms with Crippen molar-refractivity contribution in [2.45, 2.75) is 6.92 Å². The van der Waals surface area contributed by atoms with Gasteiger partial charge in [0.1, 0.15) is 23.6 Å². The molecular formula is C21H25N7O. The first-order chi connectivity index (χ1) is 14.1. The van der Waals surface area contributed by atoms with E-state index in [-0.39, 0.29) is 0 Å². The molecule has 2 aromatic heterocycles. The minimum absolute atomic E-state index is 0.535. The smallest absolute Gasteiger partial charge is 0.160 e. The first kappa shape index (κ1) is 18.8. The van der Waals surface area contributed by atoms with Crippen molar-refractivity contribution in [2.24, 2.45) is 0 Å². The van der Waals surface area contributed by atoms with E-state index < -0.39 is 0 Å². The molecule has 8 heteroatoms. The Labute approximate surface area is 170 Å². The molecule has 0 saturated carbocycles. The van der Waals surface area contributed by atoms with Crippen molar-refractivity contribution in [3.05, 3.63) is 54.5 Å². The van der Waals surface area contributed by atoms with Crippen molar-refractivity contribution in [1.82, 2.24) is 15.0 Å². The topological polar surface area (TPSA) is 92.4 Å². The van der Waals surface area contributed by atoms with Gasteiger partial charge in [0.15, 0.2) is 11.6 Å². The van der Waals surface area contributed by atoms with Gasteiger partial charge < -0.3 is 25.6 Å². The zero-order valence-corrected chi connectivity index (χ0v) is 16.7. The average molecular weight is 391 g/mol. The standard InChI is InChI=1S/C21H25N7O/c1-15-3-8-18(23-13-15)26-20-19(22)21(25-14-24-20)28-11-9-27(10-12-28)16-4-6-17(29-2)7-5-16/h3-8,13-14H,9-12,22H2,1-2H3,(H,23,24,25,26). The summed E-state index contributed by atoms with van der Waals surface area (Å²) in [6, 6.07) is 12.0. The molecule has 0 unspecified atom stereocenters. The van der Waals surface area contributed by atoms with Crippen molar-refractivity contribution in [1.29, 1.82) is 0 Å². The SMILES string of the molecule is COc1ccc(N2CCN(c3ncnc(Nc4ccc(C)cn4)c3N)CC2)cc1. The number of nitrogens with two attached hydrogens (primary N) is 1. The molecule has 29 heavy (non-hydrogen) atoms. The van der Waals surface area contributed by atoms with Crippen LogP contribution < -0.4 is 25.6 Å². The Hall–Kier alpha value is -3.55. The van der Waals surface area contributed by atoms with Crippen molar-refractivity contribution >= 4 is 28.8 Å².